The Morgan fingerprint density at radius 3 is 2.36 bits per heavy atom. The second-order valence-electron chi connectivity index (χ2n) is 6.54. The molecule has 1 rings (SSSR count). The van der Waals surface area contributed by atoms with Crippen molar-refractivity contribution in [2.24, 2.45) is 5.73 Å². The van der Waals surface area contributed by atoms with E-state index in [4.69, 9.17) is 21.1 Å². The lowest BCUT2D eigenvalue weighted by Gasteiger charge is -2.27. The summed E-state index contributed by atoms with van der Waals surface area (Å²) in [6, 6.07) is -4.50. The smallest absolute Gasteiger partial charge is 0.328 e. The van der Waals surface area contributed by atoms with Gasteiger partial charge in [-0.3, -0.25) is 19.2 Å². The van der Waals surface area contributed by atoms with Crippen molar-refractivity contribution >= 4 is 29.7 Å². The van der Waals surface area contributed by atoms with E-state index in [1.165, 1.54) is 11.8 Å². The molecule has 12 heteroatoms. The zero-order valence-corrected chi connectivity index (χ0v) is 15.5. The van der Waals surface area contributed by atoms with Gasteiger partial charge in [0.2, 0.25) is 17.7 Å². The largest absolute Gasteiger partial charge is 0.481 e. The van der Waals surface area contributed by atoms with Crippen LogP contribution in [0, 0.1) is 0 Å². The number of aliphatic carboxylic acids is 2. The molecule has 0 aliphatic carbocycles. The van der Waals surface area contributed by atoms with Gasteiger partial charge < -0.3 is 36.6 Å². The first-order chi connectivity index (χ1) is 13.1. The lowest BCUT2D eigenvalue weighted by molar-refractivity contribution is -0.144. The molecular weight excluding hydrogens is 376 g/mol. The van der Waals surface area contributed by atoms with Crippen LogP contribution >= 0.6 is 0 Å². The first-order valence-electron chi connectivity index (χ1n) is 8.80. The van der Waals surface area contributed by atoms with Gasteiger partial charge in [0.1, 0.15) is 18.1 Å². The Morgan fingerprint density at radius 1 is 1.18 bits per heavy atom. The Balaban J connectivity index is 2.66. The number of carboxylic acids is 2. The van der Waals surface area contributed by atoms with Crippen molar-refractivity contribution in [1.82, 2.24) is 15.5 Å². The summed E-state index contributed by atoms with van der Waals surface area (Å²) >= 11 is 0. The van der Waals surface area contributed by atoms with E-state index in [9.17, 15) is 24.0 Å². The zero-order chi connectivity index (χ0) is 21.4. The summed E-state index contributed by atoms with van der Waals surface area (Å²) in [5.41, 5.74) is 5.73. The fourth-order valence-electron chi connectivity index (χ4n) is 2.78. The van der Waals surface area contributed by atoms with Crippen LogP contribution in [0.3, 0.4) is 0 Å². The maximum atomic E-state index is 12.5. The number of nitrogens with one attached hydrogen (secondary N) is 2. The third-order valence-electron chi connectivity index (χ3n) is 4.37. The van der Waals surface area contributed by atoms with E-state index in [0.29, 0.717) is 12.8 Å². The predicted molar refractivity (Wildman–Crippen MR) is 93.8 cm³/mol. The first-order valence-corrected chi connectivity index (χ1v) is 8.80. The average molecular weight is 402 g/mol. The topological polar surface area (TPSA) is 199 Å². The number of aliphatic hydroxyl groups is 1. The van der Waals surface area contributed by atoms with Crippen LogP contribution in [-0.2, 0) is 24.0 Å². The number of carbonyl (C=O) groups is 5. The van der Waals surface area contributed by atoms with Crippen LogP contribution in [0.4, 0.5) is 0 Å². The van der Waals surface area contributed by atoms with Crippen LogP contribution in [-0.4, -0.2) is 87.2 Å². The van der Waals surface area contributed by atoms with E-state index < -0.39 is 60.4 Å². The normalized spacial score (nSPS) is 19.4. The van der Waals surface area contributed by atoms with Crippen LogP contribution in [0.1, 0.15) is 32.6 Å². The summed E-state index contributed by atoms with van der Waals surface area (Å²) in [5, 5.41) is 30.9. The molecular formula is C16H26N4O8. The van der Waals surface area contributed by atoms with Gasteiger partial charge in [-0.25, -0.2) is 4.79 Å². The minimum atomic E-state index is -1.50. The van der Waals surface area contributed by atoms with Crippen molar-refractivity contribution in [2.75, 3.05) is 13.2 Å². The average Bonchev–Trinajstić information content (AvgIpc) is 3.12. The van der Waals surface area contributed by atoms with E-state index in [1.807, 2.05) is 0 Å². The summed E-state index contributed by atoms with van der Waals surface area (Å²) in [6.45, 7) is 0.813. The number of likely N-dealkylation sites (tertiary alicyclic amines) is 1. The Kier molecular flexibility index (Phi) is 8.79. The van der Waals surface area contributed by atoms with Crippen LogP contribution in [0.25, 0.3) is 0 Å². The van der Waals surface area contributed by atoms with Gasteiger partial charge in [0.15, 0.2) is 0 Å². The first kappa shape index (κ1) is 23.3. The van der Waals surface area contributed by atoms with Gasteiger partial charge in [-0.2, -0.15) is 0 Å². The molecule has 0 radical (unpaired) electrons. The van der Waals surface area contributed by atoms with E-state index >= 15 is 0 Å². The highest BCUT2D eigenvalue weighted by Crippen LogP contribution is 2.19. The molecule has 0 saturated carbocycles. The second-order valence-corrected chi connectivity index (χ2v) is 6.54. The Morgan fingerprint density at radius 2 is 1.82 bits per heavy atom. The van der Waals surface area contributed by atoms with Gasteiger partial charge >= 0.3 is 11.9 Å². The Bertz CT molecular complexity index is 626. The number of hydrogen-bond acceptors (Lipinski definition) is 7. The van der Waals surface area contributed by atoms with Gasteiger partial charge in [-0.15, -0.1) is 0 Å². The van der Waals surface area contributed by atoms with Gasteiger partial charge in [-0.05, 0) is 26.2 Å². The van der Waals surface area contributed by atoms with Crippen LogP contribution in [0.5, 0.6) is 0 Å². The van der Waals surface area contributed by atoms with Crippen LogP contribution < -0.4 is 16.4 Å². The monoisotopic (exact) mass is 402 g/mol. The maximum Gasteiger partial charge on any atom is 0.328 e. The Labute approximate surface area is 161 Å². The number of aliphatic hydroxyl groups excluding tert-OH is 1. The molecule has 4 unspecified atom stereocenters. The third-order valence-corrected chi connectivity index (χ3v) is 4.37. The summed E-state index contributed by atoms with van der Waals surface area (Å²) < 4.78 is 0. The predicted octanol–water partition coefficient (Wildman–Crippen LogP) is -2.76. The lowest BCUT2D eigenvalue weighted by atomic mass is 10.1. The molecule has 1 fully saturated rings. The highest BCUT2D eigenvalue weighted by Gasteiger charge is 2.37. The number of hydrogen-bond donors (Lipinski definition) is 6. The van der Waals surface area contributed by atoms with E-state index in [-0.39, 0.29) is 19.4 Å². The molecule has 0 aromatic carbocycles. The van der Waals surface area contributed by atoms with Crippen molar-refractivity contribution in [2.45, 2.75) is 56.8 Å². The highest BCUT2D eigenvalue weighted by atomic mass is 16.4. The second kappa shape index (κ2) is 10.6. The lowest BCUT2D eigenvalue weighted by Crippen LogP contribution is -2.56. The standard InChI is InChI=1S/C16H26N4O8/c1-8(13(24)19-10(7-21)16(27)28)18-14(25)11-3-2-6-20(11)15(26)9(17)4-5-12(22)23/h8-11,21H,2-7,17H2,1H3,(H,18,25)(H,19,24)(H,22,23)(H,27,28). The van der Waals surface area contributed by atoms with Crippen molar-refractivity contribution in [3.8, 4) is 0 Å². The molecule has 28 heavy (non-hydrogen) atoms. The summed E-state index contributed by atoms with van der Waals surface area (Å²) in [4.78, 5) is 59.6. The van der Waals surface area contributed by atoms with E-state index in [2.05, 4.69) is 10.6 Å². The summed E-state index contributed by atoms with van der Waals surface area (Å²) in [5.74, 6) is -4.44. The fourth-order valence-corrected chi connectivity index (χ4v) is 2.78. The minimum absolute atomic E-state index is 0.0600. The van der Waals surface area contributed by atoms with Crippen molar-refractivity contribution in [3.63, 3.8) is 0 Å². The number of carbonyl (C=O) groups excluding carboxylic acids is 3. The number of amides is 3. The molecule has 0 aromatic heterocycles. The number of nitrogens with zero attached hydrogens (tertiary/aromatic N) is 1. The van der Waals surface area contributed by atoms with Gasteiger partial charge in [0, 0.05) is 13.0 Å². The zero-order valence-electron chi connectivity index (χ0n) is 15.5. The summed E-state index contributed by atoms with van der Waals surface area (Å²) in [7, 11) is 0. The van der Waals surface area contributed by atoms with E-state index in [1.54, 1.807) is 0 Å². The molecule has 1 aliphatic heterocycles. The van der Waals surface area contributed by atoms with Crippen molar-refractivity contribution in [3.05, 3.63) is 0 Å². The summed E-state index contributed by atoms with van der Waals surface area (Å²) in [6.07, 6.45) is 0.563. The van der Waals surface area contributed by atoms with Gasteiger partial charge in [-0.1, -0.05) is 0 Å². The molecule has 158 valence electrons. The molecule has 1 saturated heterocycles. The number of nitrogens with two attached hydrogens (primary N) is 1. The highest BCUT2D eigenvalue weighted by molar-refractivity contribution is 5.94. The Hall–Kier alpha value is -2.73. The number of rotatable bonds is 10. The van der Waals surface area contributed by atoms with Crippen LogP contribution in [0.15, 0.2) is 0 Å². The van der Waals surface area contributed by atoms with Crippen molar-refractivity contribution in [1.29, 1.82) is 0 Å². The fraction of sp³-hybridized carbons (Fsp3) is 0.688. The third kappa shape index (κ3) is 6.46. The maximum absolute atomic E-state index is 12.5. The molecule has 7 N–H and O–H groups in total. The molecule has 4 atom stereocenters. The van der Waals surface area contributed by atoms with Crippen molar-refractivity contribution < 1.29 is 39.3 Å². The number of carboxylic acid groups (broad SMARTS) is 2. The SMILES string of the molecule is CC(NC(=O)C1CCCN1C(=O)C(N)CCC(=O)O)C(=O)NC(CO)C(=O)O. The van der Waals surface area contributed by atoms with Crippen LogP contribution in [0.2, 0.25) is 0 Å². The molecule has 0 spiro atoms. The molecule has 0 aromatic rings. The molecule has 12 nitrogen and oxygen atoms in total. The minimum Gasteiger partial charge on any atom is -0.481 e. The molecule has 1 heterocycles. The quantitative estimate of drug-likeness (QED) is 0.224. The van der Waals surface area contributed by atoms with E-state index in [0.717, 1.165) is 0 Å². The molecule has 0 bridgehead atoms. The molecule has 3 amide bonds. The molecule has 1 aliphatic rings. The van der Waals surface area contributed by atoms with Gasteiger partial charge in [0.05, 0.1) is 12.6 Å². The van der Waals surface area contributed by atoms with Gasteiger partial charge in [0.25, 0.3) is 0 Å².